The topological polar surface area (TPSA) is 69.6 Å². The van der Waals surface area contributed by atoms with Crippen molar-refractivity contribution in [1.29, 1.82) is 0 Å². The maximum atomic E-state index is 12.3. The van der Waals surface area contributed by atoms with Crippen LogP contribution in [0.4, 0.5) is 4.79 Å². The van der Waals surface area contributed by atoms with Crippen LogP contribution in [-0.4, -0.2) is 52.6 Å². The van der Waals surface area contributed by atoms with Crippen molar-refractivity contribution in [3.63, 3.8) is 0 Å². The van der Waals surface area contributed by atoms with E-state index in [1.165, 1.54) is 12.8 Å². The van der Waals surface area contributed by atoms with Crippen LogP contribution in [0, 0.1) is 5.41 Å². The highest BCUT2D eigenvalue weighted by Crippen LogP contribution is 2.39. The first-order chi connectivity index (χ1) is 9.91. The van der Waals surface area contributed by atoms with Crippen molar-refractivity contribution in [1.82, 2.24) is 10.2 Å². The SMILES string of the molecule is CSC1(CNC(=O)N2CCCC(C)(C(=O)O)C2)CCCC1. The van der Waals surface area contributed by atoms with Crippen LogP contribution < -0.4 is 5.32 Å². The molecular formula is C15H26N2O3S. The van der Waals surface area contributed by atoms with Gasteiger partial charge < -0.3 is 15.3 Å². The van der Waals surface area contributed by atoms with Gasteiger partial charge in [0.15, 0.2) is 0 Å². The highest BCUT2D eigenvalue weighted by Gasteiger charge is 2.40. The number of likely N-dealkylation sites (tertiary alicyclic amines) is 1. The Bertz CT molecular complexity index is 410. The molecule has 0 spiro atoms. The first-order valence-electron chi connectivity index (χ1n) is 7.72. The third-order valence-corrected chi connectivity index (χ3v) is 6.43. The molecule has 1 atom stereocenters. The minimum absolute atomic E-state index is 0.109. The van der Waals surface area contributed by atoms with Crippen molar-refractivity contribution < 1.29 is 14.7 Å². The zero-order chi connectivity index (χ0) is 15.5. The summed E-state index contributed by atoms with van der Waals surface area (Å²) >= 11 is 1.85. The Hall–Kier alpha value is -0.910. The van der Waals surface area contributed by atoms with Gasteiger partial charge in [0, 0.05) is 24.4 Å². The Morgan fingerprint density at radius 1 is 1.24 bits per heavy atom. The number of carboxylic acids is 1. The van der Waals surface area contributed by atoms with Gasteiger partial charge in [0.1, 0.15) is 0 Å². The summed E-state index contributed by atoms with van der Waals surface area (Å²) in [5, 5.41) is 12.4. The molecule has 2 aliphatic rings. The molecule has 120 valence electrons. The van der Waals surface area contributed by atoms with E-state index in [2.05, 4.69) is 11.6 Å². The molecule has 0 bridgehead atoms. The Labute approximate surface area is 130 Å². The molecule has 1 heterocycles. The number of amides is 2. The monoisotopic (exact) mass is 314 g/mol. The second-order valence-electron chi connectivity index (χ2n) is 6.64. The zero-order valence-corrected chi connectivity index (χ0v) is 13.8. The number of nitrogens with one attached hydrogen (secondary N) is 1. The lowest BCUT2D eigenvalue weighted by Gasteiger charge is -2.38. The van der Waals surface area contributed by atoms with Crippen molar-refractivity contribution in [2.24, 2.45) is 5.41 Å². The third kappa shape index (κ3) is 3.65. The fourth-order valence-electron chi connectivity index (χ4n) is 3.41. The minimum Gasteiger partial charge on any atom is -0.481 e. The van der Waals surface area contributed by atoms with E-state index < -0.39 is 11.4 Å². The molecule has 21 heavy (non-hydrogen) atoms. The number of urea groups is 1. The predicted octanol–water partition coefficient (Wildman–Crippen LogP) is 2.56. The van der Waals surface area contributed by atoms with Crippen LogP contribution in [0.25, 0.3) is 0 Å². The number of carboxylic acid groups (broad SMARTS) is 1. The van der Waals surface area contributed by atoms with Gasteiger partial charge in [0.25, 0.3) is 0 Å². The summed E-state index contributed by atoms with van der Waals surface area (Å²) in [5.74, 6) is -0.809. The molecule has 6 heteroatoms. The lowest BCUT2D eigenvalue weighted by molar-refractivity contribution is -0.150. The van der Waals surface area contributed by atoms with Crippen LogP contribution in [0.1, 0.15) is 45.4 Å². The van der Waals surface area contributed by atoms with E-state index in [4.69, 9.17) is 0 Å². The molecule has 2 fully saturated rings. The van der Waals surface area contributed by atoms with Crippen molar-refractivity contribution >= 4 is 23.8 Å². The minimum atomic E-state index is -0.809. The fraction of sp³-hybridized carbons (Fsp3) is 0.867. The number of carbonyl (C=O) groups is 2. The largest absolute Gasteiger partial charge is 0.481 e. The van der Waals surface area contributed by atoms with Crippen molar-refractivity contribution in [3.8, 4) is 0 Å². The molecular weight excluding hydrogens is 288 g/mol. The zero-order valence-electron chi connectivity index (χ0n) is 13.0. The summed E-state index contributed by atoms with van der Waals surface area (Å²) in [7, 11) is 0. The van der Waals surface area contributed by atoms with Gasteiger partial charge in [0.2, 0.25) is 0 Å². The highest BCUT2D eigenvalue weighted by atomic mass is 32.2. The van der Waals surface area contributed by atoms with Gasteiger partial charge in [-0.3, -0.25) is 4.79 Å². The van der Waals surface area contributed by atoms with E-state index in [9.17, 15) is 14.7 Å². The van der Waals surface area contributed by atoms with E-state index >= 15 is 0 Å². The summed E-state index contributed by atoms with van der Waals surface area (Å²) in [6.45, 7) is 3.38. The maximum Gasteiger partial charge on any atom is 0.317 e. The molecule has 0 aromatic carbocycles. The van der Waals surface area contributed by atoms with E-state index in [1.54, 1.807) is 11.8 Å². The van der Waals surface area contributed by atoms with Gasteiger partial charge in [-0.2, -0.15) is 11.8 Å². The lowest BCUT2D eigenvalue weighted by atomic mass is 9.82. The Morgan fingerprint density at radius 3 is 2.48 bits per heavy atom. The summed E-state index contributed by atoms with van der Waals surface area (Å²) in [6, 6.07) is -0.109. The maximum absolute atomic E-state index is 12.3. The number of hydrogen-bond acceptors (Lipinski definition) is 3. The van der Waals surface area contributed by atoms with E-state index in [1.807, 2.05) is 11.8 Å². The molecule has 5 nitrogen and oxygen atoms in total. The smallest absolute Gasteiger partial charge is 0.317 e. The van der Waals surface area contributed by atoms with Gasteiger partial charge in [0.05, 0.1) is 5.41 Å². The standard InChI is InChI=1S/C15H26N2O3S/c1-14(12(18)19)6-5-9-17(11-14)13(20)16-10-15(21-2)7-3-4-8-15/h3-11H2,1-2H3,(H,16,20)(H,18,19). The first kappa shape index (κ1) is 16.5. The predicted molar refractivity (Wildman–Crippen MR) is 84.7 cm³/mol. The van der Waals surface area contributed by atoms with Crippen LogP contribution in [0.5, 0.6) is 0 Å². The van der Waals surface area contributed by atoms with Crippen LogP contribution >= 0.6 is 11.8 Å². The number of nitrogens with zero attached hydrogens (tertiary/aromatic N) is 1. The number of carbonyl (C=O) groups excluding carboxylic acids is 1. The second kappa shape index (κ2) is 6.46. The number of piperidine rings is 1. The average molecular weight is 314 g/mol. The summed E-state index contributed by atoms with van der Waals surface area (Å²) < 4.78 is 0.182. The Morgan fingerprint density at radius 2 is 1.90 bits per heavy atom. The molecule has 2 amide bonds. The van der Waals surface area contributed by atoms with Gasteiger partial charge in [-0.1, -0.05) is 12.8 Å². The number of thioether (sulfide) groups is 1. The third-order valence-electron chi connectivity index (χ3n) is 5.01. The molecule has 1 unspecified atom stereocenters. The normalized spacial score (nSPS) is 28.4. The summed E-state index contributed by atoms with van der Waals surface area (Å²) in [6.07, 6.45) is 8.28. The highest BCUT2D eigenvalue weighted by molar-refractivity contribution is 8.00. The molecule has 1 saturated heterocycles. The summed E-state index contributed by atoms with van der Waals surface area (Å²) in [4.78, 5) is 25.4. The first-order valence-corrected chi connectivity index (χ1v) is 8.95. The van der Waals surface area contributed by atoms with E-state index in [0.29, 0.717) is 26.1 Å². The van der Waals surface area contributed by atoms with Crippen LogP contribution in [0.2, 0.25) is 0 Å². The van der Waals surface area contributed by atoms with Crippen LogP contribution in [0.15, 0.2) is 0 Å². The summed E-state index contributed by atoms with van der Waals surface area (Å²) in [5.41, 5.74) is -0.805. The Balaban J connectivity index is 1.89. The fourth-order valence-corrected chi connectivity index (χ4v) is 4.32. The average Bonchev–Trinajstić information content (AvgIpc) is 2.94. The molecule has 1 aliphatic heterocycles. The molecule has 1 saturated carbocycles. The van der Waals surface area contributed by atoms with Gasteiger partial charge in [-0.05, 0) is 38.9 Å². The Kier molecular flexibility index (Phi) is 5.07. The van der Waals surface area contributed by atoms with Crippen LogP contribution in [-0.2, 0) is 4.79 Å². The number of aliphatic carboxylic acids is 1. The van der Waals surface area contributed by atoms with E-state index in [-0.39, 0.29) is 10.8 Å². The van der Waals surface area contributed by atoms with Crippen LogP contribution in [0.3, 0.4) is 0 Å². The molecule has 0 aromatic rings. The van der Waals surface area contributed by atoms with E-state index in [0.717, 1.165) is 19.3 Å². The molecule has 0 radical (unpaired) electrons. The van der Waals surface area contributed by atoms with Gasteiger partial charge in [-0.25, -0.2) is 4.79 Å². The second-order valence-corrected chi connectivity index (χ2v) is 7.92. The quantitative estimate of drug-likeness (QED) is 0.837. The van der Waals surface area contributed by atoms with Gasteiger partial charge in [-0.15, -0.1) is 0 Å². The van der Waals surface area contributed by atoms with Gasteiger partial charge >= 0.3 is 12.0 Å². The van der Waals surface area contributed by atoms with Crippen molar-refractivity contribution in [3.05, 3.63) is 0 Å². The number of hydrogen-bond donors (Lipinski definition) is 2. The number of rotatable bonds is 4. The van der Waals surface area contributed by atoms with Crippen molar-refractivity contribution in [2.45, 2.75) is 50.2 Å². The molecule has 1 aliphatic carbocycles. The molecule has 2 rings (SSSR count). The molecule has 0 aromatic heterocycles. The molecule has 2 N–H and O–H groups in total. The lowest BCUT2D eigenvalue weighted by Crippen LogP contribution is -2.53. The van der Waals surface area contributed by atoms with Crippen molar-refractivity contribution in [2.75, 3.05) is 25.9 Å².